The molecule has 0 fully saturated rings. The summed E-state index contributed by atoms with van der Waals surface area (Å²) in [5.74, 6) is 0.182. The molecule has 1 N–H and O–H groups in total. The molecule has 0 atom stereocenters. The maximum Gasteiger partial charge on any atom is 0.264 e. The first-order valence-electron chi connectivity index (χ1n) is 9.03. The van der Waals surface area contributed by atoms with E-state index in [9.17, 15) is 13.2 Å². The molecule has 3 aromatic rings. The summed E-state index contributed by atoms with van der Waals surface area (Å²) in [6.07, 6.45) is 0. The van der Waals surface area contributed by atoms with Crippen molar-refractivity contribution in [1.82, 2.24) is 0 Å². The summed E-state index contributed by atoms with van der Waals surface area (Å²) < 4.78 is 32.0. The van der Waals surface area contributed by atoms with Crippen molar-refractivity contribution in [1.29, 1.82) is 0 Å². The van der Waals surface area contributed by atoms with E-state index in [1.165, 1.54) is 44.5 Å². The van der Waals surface area contributed by atoms with Gasteiger partial charge in [-0.15, -0.1) is 0 Å². The quantitative estimate of drug-likeness (QED) is 0.596. The van der Waals surface area contributed by atoms with Crippen molar-refractivity contribution in [3.8, 4) is 5.75 Å². The maximum absolute atomic E-state index is 12.9. The van der Waals surface area contributed by atoms with Crippen LogP contribution in [-0.4, -0.2) is 28.5 Å². The van der Waals surface area contributed by atoms with Crippen molar-refractivity contribution in [3.63, 3.8) is 0 Å². The van der Waals surface area contributed by atoms with Gasteiger partial charge in [0, 0.05) is 12.7 Å². The van der Waals surface area contributed by atoms with Crippen molar-refractivity contribution in [2.24, 2.45) is 0 Å². The second kappa shape index (κ2) is 8.77. The highest BCUT2D eigenvalue weighted by molar-refractivity contribution is 7.92. The summed E-state index contributed by atoms with van der Waals surface area (Å²) in [5.41, 5.74) is 2.25. The molecule has 30 heavy (non-hydrogen) atoms. The van der Waals surface area contributed by atoms with E-state index < -0.39 is 10.0 Å². The normalized spacial score (nSPS) is 11.1. The lowest BCUT2D eigenvalue weighted by atomic mass is 10.1. The van der Waals surface area contributed by atoms with E-state index in [4.69, 9.17) is 16.3 Å². The third-order valence-corrected chi connectivity index (χ3v) is 6.67. The van der Waals surface area contributed by atoms with Crippen LogP contribution in [0.4, 0.5) is 11.4 Å². The predicted molar refractivity (Wildman–Crippen MR) is 119 cm³/mol. The largest absolute Gasteiger partial charge is 0.497 e. The van der Waals surface area contributed by atoms with E-state index >= 15 is 0 Å². The highest BCUT2D eigenvalue weighted by Crippen LogP contribution is 2.28. The standard InChI is InChI=1S/C22H21ClN2O4S/c1-15-5-4-6-16(13-15)24-22(26)20-12-7-17(14-21(20)23)25(2)30(27,28)19-10-8-18(29-3)9-11-19/h4-14H,1-3H3,(H,24,26). The first-order valence-corrected chi connectivity index (χ1v) is 10.8. The third-order valence-electron chi connectivity index (χ3n) is 4.55. The first-order chi connectivity index (χ1) is 14.2. The van der Waals surface area contributed by atoms with Gasteiger partial charge in [0.15, 0.2) is 0 Å². The molecule has 0 unspecified atom stereocenters. The number of hydrogen-bond donors (Lipinski definition) is 1. The fourth-order valence-electron chi connectivity index (χ4n) is 2.85. The summed E-state index contributed by atoms with van der Waals surface area (Å²) in [6, 6.07) is 18.0. The highest BCUT2D eigenvalue weighted by atomic mass is 35.5. The molecule has 3 aromatic carbocycles. The number of benzene rings is 3. The Balaban J connectivity index is 1.83. The fourth-order valence-corrected chi connectivity index (χ4v) is 4.30. The molecule has 0 bridgehead atoms. The van der Waals surface area contributed by atoms with Gasteiger partial charge in [-0.05, 0) is 67.1 Å². The minimum absolute atomic E-state index is 0.114. The lowest BCUT2D eigenvalue weighted by Gasteiger charge is -2.20. The molecular weight excluding hydrogens is 424 g/mol. The molecule has 3 rings (SSSR count). The second-order valence-corrected chi connectivity index (χ2v) is 9.01. The smallest absolute Gasteiger partial charge is 0.264 e. The number of amides is 1. The molecule has 0 aliphatic carbocycles. The number of hydrogen-bond acceptors (Lipinski definition) is 4. The Hall–Kier alpha value is -3.03. The zero-order valence-corrected chi connectivity index (χ0v) is 18.3. The number of ether oxygens (including phenoxy) is 1. The van der Waals surface area contributed by atoms with Crippen LogP contribution in [0.25, 0.3) is 0 Å². The summed E-state index contributed by atoms with van der Waals surface area (Å²) in [4.78, 5) is 12.7. The molecule has 0 aromatic heterocycles. The minimum Gasteiger partial charge on any atom is -0.497 e. The Kier molecular flexibility index (Phi) is 6.34. The number of carbonyl (C=O) groups excluding carboxylic acids is 1. The molecule has 0 spiro atoms. The molecule has 156 valence electrons. The maximum atomic E-state index is 12.9. The van der Waals surface area contributed by atoms with E-state index in [0.29, 0.717) is 17.1 Å². The lowest BCUT2D eigenvalue weighted by molar-refractivity contribution is 0.102. The van der Waals surface area contributed by atoms with E-state index in [1.807, 2.05) is 25.1 Å². The van der Waals surface area contributed by atoms with E-state index in [-0.39, 0.29) is 21.4 Å². The highest BCUT2D eigenvalue weighted by Gasteiger charge is 2.22. The van der Waals surface area contributed by atoms with Crippen molar-refractivity contribution in [3.05, 3.63) is 82.9 Å². The van der Waals surface area contributed by atoms with Crippen LogP contribution in [0, 0.1) is 6.92 Å². The van der Waals surface area contributed by atoms with Crippen molar-refractivity contribution < 1.29 is 17.9 Å². The lowest BCUT2D eigenvalue weighted by Crippen LogP contribution is -2.26. The Morgan fingerprint density at radius 2 is 1.73 bits per heavy atom. The minimum atomic E-state index is -3.80. The third kappa shape index (κ3) is 4.58. The Labute approximate surface area is 181 Å². The zero-order chi connectivity index (χ0) is 21.9. The molecule has 0 saturated carbocycles. The number of carbonyl (C=O) groups is 1. The number of nitrogens with one attached hydrogen (secondary N) is 1. The number of rotatable bonds is 6. The molecule has 0 radical (unpaired) electrons. The van der Waals surface area contributed by atoms with Gasteiger partial charge >= 0.3 is 0 Å². The number of anilines is 2. The molecule has 1 amide bonds. The Morgan fingerprint density at radius 1 is 1.03 bits per heavy atom. The van der Waals surface area contributed by atoms with E-state index in [0.717, 1.165) is 9.87 Å². The number of aryl methyl sites for hydroxylation is 1. The van der Waals surface area contributed by atoms with Gasteiger partial charge in [0.2, 0.25) is 0 Å². The van der Waals surface area contributed by atoms with Crippen LogP contribution in [0.1, 0.15) is 15.9 Å². The molecule has 6 nitrogen and oxygen atoms in total. The average Bonchev–Trinajstić information content (AvgIpc) is 2.73. The topological polar surface area (TPSA) is 75.7 Å². The zero-order valence-electron chi connectivity index (χ0n) is 16.7. The molecular formula is C22H21ClN2O4S. The van der Waals surface area contributed by atoms with Crippen LogP contribution in [0.2, 0.25) is 5.02 Å². The van der Waals surface area contributed by atoms with Gasteiger partial charge in [-0.2, -0.15) is 0 Å². The van der Waals surface area contributed by atoms with Crippen LogP contribution in [0.15, 0.2) is 71.6 Å². The SMILES string of the molecule is COc1ccc(S(=O)(=O)N(C)c2ccc(C(=O)Nc3cccc(C)c3)c(Cl)c2)cc1. The monoisotopic (exact) mass is 444 g/mol. The van der Waals surface area contributed by atoms with Gasteiger partial charge in [-0.3, -0.25) is 9.10 Å². The van der Waals surface area contributed by atoms with Gasteiger partial charge < -0.3 is 10.1 Å². The van der Waals surface area contributed by atoms with Gasteiger partial charge in [0.25, 0.3) is 15.9 Å². The molecule has 0 heterocycles. The summed E-state index contributed by atoms with van der Waals surface area (Å²) in [5, 5.41) is 2.94. The summed E-state index contributed by atoms with van der Waals surface area (Å²) >= 11 is 6.30. The first kappa shape index (κ1) is 21.7. The molecule has 8 heteroatoms. The Morgan fingerprint density at radius 3 is 2.33 bits per heavy atom. The van der Waals surface area contributed by atoms with Gasteiger partial charge in [0.05, 0.1) is 28.3 Å². The number of methoxy groups -OCH3 is 1. The molecule has 0 aliphatic heterocycles. The molecule has 0 saturated heterocycles. The van der Waals surface area contributed by atoms with Crippen LogP contribution in [-0.2, 0) is 10.0 Å². The molecule has 0 aliphatic rings. The van der Waals surface area contributed by atoms with Gasteiger partial charge in [-0.1, -0.05) is 23.7 Å². The van der Waals surface area contributed by atoms with E-state index in [2.05, 4.69) is 5.32 Å². The van der Waals surface area contributed by atoms with Crippen molar-refractivity contribution >= 4 is 38.9 Å². The van der Waals surface area contributed by atoms with Crippen LogP contribution in [0.3, 0.4) is 0 Å². The summed E-state index contributed by atoms with van der Waals surface area (Å²) in [6.45, 7) is 1.93. The Bertz CT molecular complexity index is 1180. The van der Waals surface area contributed by atoms with Crippen LogP contribution >= 0.6 is 11.6 Å². The number of halogens is 1. The van der Waals surface area contributed by atoms with Gasteiger partial charge in [-0.25, -0.2) is 8.42 Å². The average molecular weight is 445 g/mol. The van der Waals surface area contributed by atoms with Gasteiger partial charge in [0.1, 0.15) is 5.75 Å². The van der Waals surface area contributed by atoms with Crippen LogP contribution in [0.5, 0.6) is 5.75 Å². The van der Waals surface area contributed by atoms with Crippen LogP contribution < -0.4 is 14.4 Å². The van der Waals surface area contributed by atoms with Crippen molar-refractivity contribution in [2.45, 2.75) is 11.8 Å². The predicted octanol–water partition coefficient (Wildman–Crippen LogP) is 4.73. The fraction of sp³-hybridized carbons (Fsp3) is 0.136. The number of sulfonamides is 1. The number of nitrogens with zero attached hydrogens (tertiary/aromatic N) is 1. The van der Waals surface area contributed by atoms with Crippen molar-refractivity contribution in [2.75, 3.05) is 23.8 Å². The second-order valence-electron chi connectivity index (χ2n) is 6.64. The van der Waals surface area contributed by atoms with E-state index in [1.54, 1.807) is 18.2 Å². The summed E-state index contributed by atoms with van der Waals surface area (Å²) in [7, 11) is -0.865.